The van der Waals surface area contributed by atoms with E-state index in [1.165, 1.54) is 10.5 Å². The number of methoxy groups -OCH3 is 1. The van der Waals surface area contributed by atoms with Gasteiger partial charge in [0.05, 0.1) is 18.7 Å². The summed E-state index contributed by atoms with van der Waals surface area (Å²) in [5.74, 6) is -0.795. The molecule has 5 heteroatoms. The topological polar surface area (TPSA) is 66.8 Å². The highest BCUT2D eigenvalue weighted by Gasteiger charge is 2.47. The monoisotopic (exact) mass is 407 g/mol. The zero-order valence-corrected chi connectivity index (χ0v) is 18.2. The number of amides is 1. The van der Waals surface area contributed by atoms with Crippen LogP contribution in [0.2, 0.25) is 0 Å². The molecule has 1 aliphatic heterocycles. The van der Waals surface area contributed by atoms with Crippen molar-refractivity contribution in [2.75, 3.05) is 12.0 Å². The van der Waals surface area contributed by atoms with Crippen molar-refractivity contribution in [2.45, 2.75) is 46.6 Å². The molecule has 0 saturated carbocycles. The largest absolute Gasteiger partial charge is 0.503 e. The van der Waals surface area contributed by atoms with Gasteiger partial charge in [-0.3, -0.25) is 14.5 Å². The molecule has 30 heavy (non-hydrogen) atoms. The van der Waals surface area contributed by atoms with Crippen molar-refractivity contribution in [1.82, 2.24) is 0 Å². The van der Waals surface area contributed by atoms with E-state index in [1.54, 1.807) is 33.9 Å². The average Bonchev–Trinajstić information content (AvgIpc) is 2.98. The molecule has 1 N–H and O–H groups in total. The van der Waals surface area contributed by atoms with Crippen molar-refractivity contribution in [3.05, 3.63) is 71.0 Å². The molecular weight excluding hydrogens is 378 g/mol. The minimum atomic E-state index is -0.766. The van der Waals surface area contributed by atoms with E-state index in [4.69, 9.17) is 4.74 Å². The molecule has 3 rings (SSSR count). The van der Waals surface area contributed by atoms with E-state index in [2.05, 4.69) is 6.92 Å². The quantitative estimate of drug-likeness (QED) is 0.718. The van der Waals surface area contributed by atoms with Crippen LogP contribution in [-0.2, 0) is 16.0 Å². The van der Waals surface area contributed by atoms with Gasteiger partial charge in [0.2, 0.25) is 0 Å². The average molecular weight is 408 g/mol. The summed E-state index contributed by atoms with van der Waals surface area (Å²) in [6, 6.07) is 14.2. The molecule has 0 aromatic heterocycles. The summed E-state index contributed by atoms with van der Waals surface area (Å²) >= 11 is 0. The van der Waals surface area contributed by atoms with Gasteiger partial charge in [-0.2, -0.15) is 0 Å². The van der Waals surface area contributed by atoms with Gasteiger partial charge in [-0.25, -0.2) is 0 Å². The number of ketones is 1. The van der Waals surface area contributed by atoms with Crippen molar-refractivity contribution in [3.8, 4) is 5.75 Å². The number of anilines is 1. The summed E-state index contributed by atoms with van der Waals surface area (Å²) in [4.78, 5) is 27.9. The maximum atomic E-state index is 13.3. The van der Waals surface area contributed by atoms with Crippen LogP contribution in [0.3, 0.4) is 0 Å². The Morgan fingerprint density at radius 1 is 1.10 bits per heavy atom. The third kappa shape index (κ3) is 3.84. The number of para-hydroxylation sites is 1. The fraction of sp³-hybridized carbons (Fsp3) is 0.360. The Bertz CT molecular complexity index is 983. The predicted molar refractivity (Wildman–Crippen MR) is 118 cm³/mol. The number of Topliss-reactive ketones (excluding diaryl/α,β-unsaturated/α-hetero) is 1. The summed E-state index contributed by atoms with van der Waals surface area (Å²) in [7, 11) is 1.55. The Balaban J connectivity index is 2.19. The Kier molecular flexibility index (Phi) is 6.01. The molecule has 2 aromatic rings. The molecule has 1 atom stereocenters. The second-order valence-corrected chi connectivity index (χ2v) is 8.58. The first-order valence-electron chi connectivity index (χ1n) is 10.2. The lowest BCUT2D eigenvalue weighted by Gasteiger charge is -2.30. The first-order valence-corrected chi connectivity index (χ1v) is 10.2. The van der Waals surface area contributed by atoms with E-state index in [0.29, 0.717) is 17.0 Å². The molecular formula is C25H29NO4. The summed E-state index contributed by atoms with van der Waals surface area (Å²) in [6.07, 6.45) is 1.97. The smallest absolute Gasteiger partial charge is 0.294 e. The van der Waals surface area contributed by atoms with Gasteiger partial charge in [0.15, 0.2) is 11.5 Å². The van der Waals surface area contributed by atoms with Gasteiger partial charge in [0, 0.05) is 16.7 Å². The molecule has 0 aliphatic carbocycles. The molecule has 0 fully saturated rings. The number of carbonyl (C=O) groups is 2. The van der Waals surface area contributed by atoms with Crippen LogP contribution >= 0.6 is 0 Å². The number of benzene rings is 2. The van der Waals surface area contributed by atoms with Crippen molar-refractivity contribution >= 4 is 17.4 Å². The summed E-state index contributed by atoms with van der Waals surface area (Å²) in [5.41, 5.74) is 1.80. The lowest BCUT2D eigenvalue weighted by atomic mass is 9.82. The van der Waals surface area contributed by atoms with E-state index in [1.807, 2.05) is 42.5 Å². The van der Waals surface area contributed by atoms with Gasteiger partial charge in [-0.15, -0.1) is 0 Å². The number of ether oxygens (including phenoxy) is 1. The Hall–Kier alpha value is -3.08. The minimum Gasteiger partial charge on any atom is -0.503 e. The zero-order chi connectivity index (χ0) is 22.1. The Morgan fingerprint density at radius 2 is 1.73 bits per heavy atom. The van der Waals surface area contributed by atoms with Crippen molar-refractivity contribution in [1.29, 1.82) is 0 Å². The third-order valence-corrected chi connectivity index (χ3v) is 5.32. The van der Waals surface area contributed by atoms with Crippen LogP contribution in [0.4, 0.5) is 5.69 Å². The molecule has 1 unspecified atom stereocenters. The first kappa shape index (κ1) is 21.6. The van der Waals surface area contributed by atoms with Crippen LogP contribution in [0.25, 0.3) is 0 Å². The second kappa shape index (κ2) is 8.34. The van der Waals surface area contributed by atoms with Gasteiger partial charge in [-0.05, 0) is 30.2 Å². The molecule has 158 valence electrons. The van der Waals surface area contributed by atoms with Gasteiger partial charge in [0.1, 0.15) is 5.75 Å². The van der Waals surface area contributed by atoms with Crippen molar-refractivity contribution in [3.63, 3.8) is 0 Å². The summed E-state index contributed by atoms with van der Waals surface area (Å²) < 4.78 is 5.52. The molecule has 1 heterocycles. The highest BCUT2D eigenvalue weighted by Crippen LogP contribution is 2.45. The first-order chi connectivity index (χ1) is 14.2. The van der Waals surface area contributed by atoms with E-state index in [9.17, 15) is 14.7 Å². The van der Waals surface area contributed by atoms with Crippen LogP contribution in [0, 0.1) is 5.41 Å². The molecule has 0 radical (unpaired) electrons. The number of aliphatic hydroxyl groups excluding tert-OH is 1. The number of rotatable bonds is 6. The van der Waals surface area contributed by atoms with Gasteiger partial charge < -0.3 is 9.84 Å². The number of hydrogen-bond acceptors (Lipinski definition) is 4. The number of carbonyl (C=O) groups excluding carboxylic acids is 2. The number of aryl methyl sites for hydroxylation is 1. The van der Waals surface area contributed by atoms with E-state index >= 15 is 0 Å². The van der Waals surface area contributed by atoms with Gasteiger partial charge in [0.25, 0.3) is 5.91 Å². The van der Waals surface area contributed by atoms with Crippen molar-refractivity contribution in [2.24, 2.45) is 5.41 Å². The molecule has 1 amide bonds. The number of aliphatic hydroxyl groups is 1. The third-order valence-electron chi connectivity index (χ3n) is 5.32. The zero-order valence-electron chi connectivity index (χ0n) is 18.2. The normalized spacial score (nSPS) is 16.9. The second-order valence-electron chi connectivity index (χ2n) is 8.58. The van der Waals surface area contributed by atoms with Crippen LogP contribution in [0.1, 0.15) is 51.3 Å². The van der Waals surface area contributed by atoms with Crippen LogP contribution < -0.4 is 9.64 Å². The van der Waals surface area contributed by atoms with E-state index < -0.39 is 23.1 Å². The fourth-order valence-corrected chi connectivity index (χ4v) is 3.81. The maximum Gasteiger partial charge on any atom is 0.294 e. The molecule has 0 saturated heterocycles. The molecule has 2 aromatic carbocycles. The standard InChI is InChI=1S/C25H29NO4/c1-6-9-16-12-14-17(15-13-16)26-21(18-10-7-8-11-19(18)30-5)20(22(27)24(26)29)23(28)25(2,3)4/h7-8,10-15,21,27H,6,9H2,1-5H3. The Morgan fingerprint density at radius 3 is 2.30 bits per heavy atom. The molecule has 0 spiro atoms. The van der Waals surface area contributed by atoms with E-state index in [-0.39, 0.29) is 11.4 Å². The van der Waals surface area contributed by atoms with Crippen molar-refractivity contribution < 1.29 is 19.4 Å². The highest BCUT2D eigenvalue weighted by atomic mass is 16.5. The van der Waals surface area contributed by atoms with Crippen LogP contribution in [0.15, 0.2) is 59.9 Å². The lowest BCUT2D eigenvalue weighted by molar-refractivity contribution is -0.123. The summed E-state index contributed by atoms with van der Waals surface area (Å²) in [5, 5.41) is 10.8. The summed E-state index contributed by atoms with van der Waals surface area (Å²) in [6.45, 7) is 7.45. The maximum absolute atomic E-state index is 13.3. The molecule has 1 aliphatic rings. The molecule has 5 nitrogen and oxygen atoms in total. The Labute approximate surface area is 178 Å². The number of nitrogens with zero attached hydrogens (tertiary/aromatic N) is 1. The van der Waals surface area contributed by atoms with E-state index in [0.717, 1.165) is 12.8 Å². The SMILES string of the molecule is CCCc1ccc(N2C(=O)C(O)=C(C(=O)C(C)(C)C)C2c2ccccc2OC)cc1. The highest BCUT2D eigenvalue weighted by molar-refractivity contribution is 6.17. The minimum absolute atomic E-state index is 0.106. The van der Waals surface area contributed by atoms with Gasteiger partial charge >= 0.3 is 0 Å². The molecule has 0 bridgehead atoms. The predicted octanol–water partition coefficient (Wildman–Crippen LogP) is 5.16. The number of hydrogen-bond donors (Lipinski definition) is 1. The van der Waals surface area contributed by atoms with Crippen LogP contribution in [-0.4, -0.2) is 23.9 Å². The van der Waals surface area contributed by atoms with Crippen LogP contribution in [0.5, 0.6) is 5.75 Å². The lowest BCUT2D eigenvalue weighted by Crippen LogP contribution is -2.33. The van der Waals surface area contributed by atoms with Gasteiger partial charge in [-0.1, -0.05) is 64.4 Å². The fourth-order valence-electron chi connectivity index (χ4n) is 3.81.